The number of aliphatic hydroxyl groups is 1. The third kappa shape index (κ3) is 6.86. The van der Waals surface area contributed by atoms with Gasteiger partial charge >= 0.3 is 0 Å². The van der Waals surface area contributed by atoms with Crippen LogP contribution in [0, 0.1) is 24.6 Å². The zero-order chi connectivity index (χ0) is 30.7. The maximum Gasteiger partial charge on any atom is 0.213 e. The number of ether oxygens (including phenoxy) is 1. The molecule has 0 aliphatic carbocycles. The van der Waals surface area contributed by atoms with Gasteiger partial charge in [-0.2, -0.15) is 14.6 Å². The minimum absolute atomic E-state index is 0.0462. The lowest BCUT2D eigenvalue weighted by atomic mass is 9.91. The number of rotatable bonds is 11. The van der Waals surface area contributed by atoms with Crippen molar-refractivity contribution in [2.24, 2.45) is 5.92 Å². The van der Waals surface area contributed by atoms with E-state index >= 15 is 0 Å². The van der Waals surface area contributed by atoms with E-state index in [9.17, 15) is 18.7 Å². The first-order chi connectivity index (χ1) is 20.5. The van der Waals surface area contributed by atoms with Crippen molar-refractivity contribution in [2.75, 3.05) is 26.8 Å². The van der Waals surface area contributed by atoms with E-state index in [1.54, 1.807) is 22.9 Å². The highest BCUT2D eigenvalue weighted by molar-refractivity contribution is 5.82. The third-order valence-electron chi connectivity index (χ3n) is 7.55. The highest BCUT2D eigenvalue weighted by Gasteiger charge is 2.37. The van der Waals surface area contributed by atoms with E-state index < -0.39 is 23.5 Å². The number of methoxy groups -OCH3 is 1. The monoisotopic (exact) mass is 591 g/mol. The van der Waals surface area contributed by atoms with E-state index in [1.165, 1.54) is 38.4 Å². The SMILES string of the molecule is COCCN1C[C@@H](CC(=O)Cc2c(C)c(-c3cnc(C(C)(C)O)c(F)c3)nn2-c2ccccc2)[C@H](c2ccnc(F)c2)O1. The largest absolute Gasteiger partial charge is 0.384 e. The van der Waals surface area contributed by atoms with Gasteiger partial charge in [-0.05, 0) is 62.2 Å². The molecule has 4 aromatic rings. The quantitative estimate of drug-likeness (QED) is 0.246. The molecule has 9 nitrogen and oxygen atoms in total. The van der Waals surface area contributed by atoms with Gasteiger partial charge in [0.2, 0.25) is 5.95 Å². The molecule has 3 aromatic heterocycles. The van der Waals surface area contributed by atoms with Crippen molar-refractivity contribution in [3.63, 3.8) is 0 Å². The average molecular weight is 592 g/mol. The molecular weight excluding hydrogens is 556 g/mol. The fourth-order valence-corrected chi connectivity index (χ4v) is 5.45. The smallest absolute Gasteiger partial charge is 0.213 e. The molecule has 1 aliphatic rings. The van der Waals surface area contributed by atoms with E-state index in [2.05, 4.69) is 9.97 Å². The summed E-state index contributed by atoms with van der Waals surface area (Å²) >= 11 is 0. The van der Waals surface area contributed by atoms with Gasteiger partial charge in [0.1, 0.15) is 29.0 Å². The minimum atomic E-state index is -1.44. The van der Waals surface area contributed by atoms with Crippen LogP contribution in [0.5, 0.6) is 0 Å². The van der Waals surface area contributed by atoms with Crippen LogP contribution in [-0.4, -0.2) is 62.5 Å². The molecule has 1 fully saturated rings. The third-order valence-corrected chi connectivity index (χ3v) is 7.55. The molecule has 1 saturated heterocycles. The summed E-state index contributed by atoms with van der Waals surface area (Å²) in [4.78, 5) is 27.6. The Morgan fingerprint density at radius 2 is 1.93 bits per heavy atom. The first kappa shape index (κ1) is 30.6. The van der Waals surface area contributed by atoms with Crippen LogP contribution < -0.4 is 0 Å². The van der Waals surface area contributed by atoms with Gasteiger partial charge in [0, 0.05) is 56.9 Å². The lowest BCUT2D eigenvalue weighted by molar-refractivity contribution is -0.155. The van der Waals surface area contributed by atoms with Crippen molar-refractivity contribution in [3.05, 3.63) is 95.2 Å². The van der Waals surface area contributed by atoms with Crippen LogP contribution in [0.1, 0.15) is 48.9 Å². The van der Waals surface area contributed by atoms with Gasteiger partial charge in [-0.15, -0.1) is 0 Å². The van der Waals surface area contributed by atoms with E-state index in [0.29, 0.717) is 47.8 Å². The molecule has 4 heterocycles. The molecule has 0 unspecified atom stereocenters. The number of ketones is 1. The van der Waals surface area contributed by atoms with E-state index in [1.807, 2.05) is 37.3 Å². The number of hydrogen-bond acceptors (Lipinski definition) is 8. The number of carbonyl (C=O) groups is 1. The molecule has 0 spiro atoms. The summed E-state index contributed by atoms with van der Waals surface area (Å²) in [7, 11) is 1.60. The van der Waals surface area contributed by atoms with Gasteiger partial charge in [0.05, 0.1) is 23.7 Å². The second-order valence-electron chi connectivity index (χ2n) is 11.3. The molecule has 0 amide bonds. The summed E-state index contributed by atoms with van der Waals surface area (Å²) < 4.78 is 35.9. The van der Waals surface area contributed by atoms with Crippen LogP contribution >= 0.6 is 0 Å². The molecule has 0 bridgehead atoms. The molecular formula is C32H35F2N5O4. The van der Waals surface area contributed by atoms with Crippen molar-refractivity contribution in [1.82, 2.24) is 24.8 Å². The van der Waals surface area contributed by atoms with Gasteiger partial charge < -0.3 is 9.84 Å². The number of pyridine rings is 2. The number of hydroxylamine groups is 2. The lowest BCUT2D eigenvalue weighted by Gasteiger charge is -2.18. The predicted molar refractivity (Wildman–Crippen MR) is 155 cm³/mol. The Balaban J connectivity index is 1.45. The normalized spacial score (nSPS) is 17.5. The highest BCUT2D eigenvalue weighted by atomic mass is 19.1. The van der Waals surface area contributed by atoms with E-state index in [4.69, 9.17) is 14.7 Å². The average Bonchev–Trinajstić information content (AvgIpc) is 3.52. The Morgan fingerprint density at radius 3 is 2.60 bits per heavy atom. The molecule has 1 aromatic carbocycles. The zero-order valence-corrected chi connectivity index (χ0v) is 24.6. The number of carbonyl (C=O) groups excluding carboxylic acids is 1. The number of aromatic nitrogens is 4. The van der Waals surface area contributed by atoms with Gasteiger partial charge in [-0.25, -0.2) is 14.1 Å². The van der Waals surface area contributed by atoms with E-state index in [-0.39, 0.29) is 30.2 Å². The Morgan fingerprint density at radius 1 is 1.16 bits per heavy atom. The summed E-state index contributed by atoms with van der Waals surface area (Å²) in [5.41, 5.74) is 2.16. The number of hydrogen-bond donors (Lipinski definition) is 1. The molecule has 43 heavy (non-hydrogen) atoms. The Labute approximate surface area is 249 Å². The van der Waals surface area contributed by atoms with E-state index in [0.717, 1.165) is 5.69 Å². The lowest BCUT2D eigenvalue weighted by Crippen LogP contribution is -2.24. The number of Topliss-reactive ketones (excluding diaryl/α,β-unsaturated/α-hetero) is 1. The molecule has 0 radical (unpaired) electrons. The molecule has 2 atom stereocenters. The van der Waals surface area contributed by atoms with Crippen molar-refractivity contribution < 1.29 is 28.3 Å². The fraction of sp³-hybridized carbons (Fsp3) is 0.375. The van der Waals surface area contributed by atoms with Crippen LogP contribution in [-0.2, 0) is 26.4 Å². The van der Waals surface area contributed by atoms with Gasteiger partial charge in [-0.3, -0.25) is 14.6 Å². The van der Waals surface area contributed by atoms with Crippen molar-refractivity contribution in [2.45, 2.75) is 45.3 Å². The second-order valence-corrected chi connectivity index (χ2v) is 11.3. The van der Waals surface area contributed by atoms with Crippen LogP contribution in [0.15, 0.2) is 60.9 Å². The first-order valence-corrected chi connectivity index (χ1v) is 14.1. The molecule has 11 heteroatoms. The summed E-state index contributed by atoms with van der Waals surface area (Å²) in [6, 6.07) is 13.7. The Kier molecular flexibility index (Phi) is 9.07. The van der Waals surface area contributed by atoms with Crippen LogP contribution in [0.25, 0.3) is 16.9 Å². The highest BCUT2D eigenvalue weighted by Crippen LogP contribution is 2.37. The first-order valence-electron chi connectivity index (χ1n) is 14.1. The van der Waals surface area contributed by atoms with Gasteiger partial charge in [0.25, 0.3) is 0 Å². The van der Waals surface area contributed by atoms with Crippen LogP contribution in [0.3, 0.4) is 0 Å². The summed E-state index contributed by atoms with van der Waals surface area (Å²) in [5, 5.41) is 16.8. The van der Waals surface area contributed by atoms with Gasteiger partial charge in [-0.1, -0.05) is 18.2 Å². The zero-order valence-electron chi connectivity index (χ0n) is 24.6. The van der Waals surface area contributed by atoms with Crippen molar-refractivity contribution in [1.29, 1.82) is 0 Å². The number of para-hydroxylation sites is 1. The summed E-state index contributed by atoms with van der Waals surface area (Å²) in [6.45, 7) is 6.22. The molecule has 0 saturated carbocycles. The summed E-state index contributed by atoms with van der Waals surface area (Å²) in [5.74, 6) is -1.53. The standard InChI is InChI=1S/C32H35F2N5O4/c1-20-27(17-25(40)14-23-19-38(12-13-42-4)43-30(23)21-10-11-35-28(34)16-21)39(24-8-6-5-7-9-24)37-29(20)22-15-26(33)31(36-18-22)32(2,3)41/h5-11,15-16,18,23,30,41H,12-14,17,19H2,1-4H3/t23-,30+/m1/s1. The number of halogens is 2. The topological polar surface area (TPSA) is 103 Å². The van der Waals surface area contributed by atoms with Crippen LogP contribution in [0.4, 0.5) is 8.78 Å². The second kappa shape index (κ2) is 12.8. The van der Waals surface area contributed by atoms with Crippen LogP contribution in [0.2, 0.25) is 0 Å². The predicted octanol–water partition coefficient (Wildman–Crippen LogP) is 4.90. The number of benzene rings is 1. The number of nitrogens with zero attached hydrogens (tertiary/aromatic N) is 5. The maximum absolute atomic E-state index is 15.0. The minimum Gasteiger partial charge on any atom is -0.384 e. The molecule has 1 aliphatic heterocycles. The van der Waals surface area contributed by atoms with Gasteiger partial charge in [0.15, 0.2) is 0 Å². The Bertz CT molecular complexity index is 1590. The molecule has 226 valence electrons. The van der Waals surface area contributed by atoms with Crippen molar-refractivity contribution in [3.8, 4) is 16.9 Å². The maximum atomic E-state index is 15.0. The summed E-state index contributed by atoms with van der Waals surface area (Å²) in [6.07, 6.45) is 2.60. The Hall–Kier alpha value is -3.90. The van der Waals surface area contributed by atoms with Crippen molar-refractivity contribution >= 4 is 5.78 Å². The molecule has 1 N–H and O–H groups in total. The molecule has 5 rings (SSSR count). The fourth-order valence-electron chi connectivity index (χ4n) is 5.45.